The van der Waals surface area contributed by atoms with E-state index in [0.29, 0.717) is 17.2 Å². The largest absolute Gasteiger partial charge is 0.494 e. The molecule has 1 heterocycles. The first-order chi connectivity index (χ1) is 12.0. The number of hydrogen-bond acceptors (Lipinski definition) is 6. The van der Waals surface area contributed by atoms with Crippen LogP contribution in [0.4, 0.5) is 6.01 Å². The van der Waals surface area contributed by atoms with Gasteiger partial charge in [0.15, 0.2) is 0 Å². The summed E-state index contributed by atoms with van der Waals surface area (Å²) in [6, 6.07) is 12.5. The number of nitrogens with one attached hydrogen (secondary N) is 1. The molecule has 0 radical (unpaired) electrons. The van der Waals surface area contributed by atoms with Crippen molar-refractivity contribution in [3.05, 3.63) is 53.6 Å². The van der Waals surface area contributed by atoms with Gasteiger partial charge in [0.2, 0.25) is 5.89 Å². The van der Waals surface area contributed by atoms with Crippen LogP contribution >= 0.6 is 11.6 Å². The fraction of sp³-hybridized carbons (Fsp3) is 0.125. The van der Waals surface area contributed by atoms with E-state index in [9.17, 15) is 8.42 Å². The summed E-state index contributed by atoms with van der Waals surface area (Å²) in [6.07, 6.45) is 0. The highest BCUT2D eigenvalue weighted by Crippen LogP contribution is 2.24. The van der Waals surface area contributed by atoms with Crippen LogP contribution in [0.15, 0.2) is 57.8 Å². The molecule has 0 unspecified atom stereocenters. The number of benzene rings is 2. The van der Waals surface area contributed by atoms with Gasteiger partial charge in [0.25, 0.3) is 10.0 Å². The Morgan fingerprint density at radius 2 is 1.76 bits per heavy atom. The van der Waals surface area contributed by atoms with Crippen molar-refractivity contribution in [1.29, 1.82) is 0 Å². The molecule has 3 rings (SSSR count). The highest BCUT2D eigenvalue weighted by molar-refractivity contribution is 7.92. The summed E-state index contributed by atoms with van der Waals surface area (Å²) in [6.45, 7) is 2.46. The maximum absolute atomic E-state index is 12.3. The Morgan fingerprint density at radius 3 is 2.40 bits per heavy atom. The molecule has 0 aliphatic carbocycles. The fourth-order valence-electron chi connectivity index (χ4n) is 2.03. The highest BCUT2D eigenvalue weighted by Gasteiger charge is 2.18. The van der Waals surface area contributed by atoms with Crippen molar-refractivity contribution in [2.75, 3.05) is 11.3 Å². The van der Waals surface area contributed by atoms with E-state index in [1.807, 2.05) is 6.92 Å². The Bertz CT molecular complexity index is 954. The molecule has 0 amide bonds. The predicted molar refractivity (Wildman–Crippen MR) is 93.2 cm³/mol. The molecule has 2 aromatic carbocycles. The van der Waals surface area contributed by atoms with Gasteiger partial charge in [-0.3, -0.25) is 0 Å². The van der Waals surface area contributed by atoms with Gasteiger partial charge >= 0.3 is 6.01 Å². The number of aromatic nitrogens is 2. The summed E-state index contributed by atoms with van der Waals surface area (Å²) in [7, 11) is -3.84. The van der Waals surface area contributed by atoms with E-state index in [4.69, 9.17) is 20.8 Å². The van der Waals surface area contributed by atoms with Crippen molar-refractivity contribution < 1.29 is 17.6 Å². The van der Waals surface area contributed by atoms with E-state index < -0.39 is 10.0 Å². The summed E-state index contributed by atoms with van der Waals surface area (Å²) in [5, 5.41) is 8.00. The second-order valence-corrected chi connectivity index (χ2v) is 7.05. The number of anilines is 1. The minimum Gasteiger partial charge on any atom is -0.494 e. The summed E-state index contributed by atoms with van der Waals surface area (Å²) in [4.78, 5) is 0.0396. The standard InChI is InChI=1S/C16H14ClN3O4S/c1-2-23-13-7-3-11(4-8-13)15-18-19-16(24-15)20-25(21,22)14-9-5-12(17)6-10-14/h3-10H,2H2,1H3,(H,19,20). The monoisotopic (exact) mass is 379 g/mol. The zero-order valence-electron chi connectivity index (χ0n) is 13.1. The molecular weight excluding hydrogens is 366 g/mol. The van der Waals surface area contributed by atoms with Crippen LogP contribution < -0.4 is 9.46 Å². The van der Waals surface area contributed by atoms with E-state index in [2.05, 4.69) is 14.9 Å². The van der Waals surface area contributed by atoms with Crippen molar-refractivity contribution >= 4 is 27.6 Å². The van der Waals surface area contributed by atoms with Crippen LogP contribution in [0.5, 0.6) is 5.75 Å². The second-order valence-electron chi connectivity index (χ2n) is 4.93. The van der Waals surface area contributed by atoms with E-state index in [1.54, 1.807) is 24.3 Å². The topological polar surface area (TPSA) is 94.3 Å². The molecular formula is C16H14ClN3O4S. The highest BCUT2D eigenvalue weighted by atomic mass is 35.5. The molecule has 0 atom stereocenters. The maximum atomic E-state index is 12.3. The van der Waals surface area contributed by atoms with Crippen molar-refractivity contribution in [2.45, 2.75) is 11.8 Å². The Labute approximate surface area is 149 Å². The summed E-state index contributed by atoms with van der Waals surface area (Å²) >= 11 is 5.76. The van der Waals surface area contributed by atoms with Crippen molar-refractivity contribution in [3.63, 3.8) is 0 Å². The molecule has 0 saturated heterocycles. The van der Waals surface area contributed by atoms with Gasteiger partial charge in [-0.25, -0.2) is 13.1 Å². The first kappa shape index (κ1) is 17.2. The van der Waals surface area contributed by atoms with Gasteiger partial charge in [0.1, 0.15) is 5.75 Å². The number of hydrogen-bond donors (Lipinski definition) is 1. The lowest BCUT2D eigenvalue weighted by Crippen LogP contribution is -2.13. The van der Waals surface area contributed by atoms with Crippen LogP contribution in [-0.4, -0.2) is 25.2 Å². The van der Waals surface area contributed by atoms with Gasteiger partial charge < -0.3 is 9.15 Å². The minimum absolute atomic E-state index is 0.0396. The number of halogens is 1. The molecule has 0 spiro atoms. The normalized spacial score (nSPS) is 11.3. The van der Waals surface area contributed by atoms with Gasteiger partial charge in [-0.05, 0) is 55.5 Å². The molecule has 1 N–H and O–H groups in total. The lowest BCUT2D eigenvalue weighted by molar-refractivity contribution is 0.340. The summed E-state index contributed by atoms with van der Waals surface area (Å²) < 4.78 is 37.5. The van der Waals surface area contributed by atoms with Gasteiger partial charge in [0, 0.05) is 10.6 Å². The fourth-order valence-corrected chi connectivity index (χ4v) is 3.08. The van der Waals surface area contributed by atoms with E-state index in [0.717, 1.165) is 5.75 Å². The molecule has 0 bridgehead atoms. The molecule has 0 aliphatic heterocycles. The third-order valence-corrected chi connectivity index (χ3v) is 4.77. The molecule has 0 saturated carbocycles. The number of sulfonamides is 1. The van der Waals surface area contributed by atoms with Crippen LogP contribution in [0, 0.1) is 0 Å². The SMILES string of the molecule is CCOc1ccc(-c2nnc(NS(=O)(=O)c3ccc(Cl)cc3)o2)cc1. The van der Waals surface area contributed by atoms with Gasteiger partial charge in [-0.2, -0.15) is 0 Å². The van der Waals surface area contributed by atoms with Crippen molar-refractivity contribution in [3.8, 4) is 17.2 Å². The zero-order chi connectivity index (χ0) is 17.9. The molecule has 0 fully saturated rings. The van der Waals surface area contributed by atoms with Crippen LogP contribution in [0.3, 0.4) is 0 Å². The Balaban J connectivity index is 1.78. The van der Waals surface area contributed by atoms with Gasteiger partial charge in [-0.15, -0.1) is 5.10 Å². The van der Waals surface area contributed by atoms with Crippen LogP contribution in [-0.2, 0) is 10.0 Å². The number of nitrogens with zero attached hydrogens (tertiary/aromatic N) is 2. The minimum atomic E-state index is -3.84. The third-order valence-electron chi connectivity index (χ3n) is 3.18. The first-order valence-corrected chi connectivity index (χ1v) is 9.19. The number of ether oxygens (including phenoxy) is 1. The molecule has 7 nitrogen and oxygen atoms in total. The Morgan fingerprint density at radius 1 is 1.08 bits per heavy atom. The van der Waals surface area contributed by atoms with Crippen LogP contribution in [0.2, 0.25) is 5.02 Å². The smallest absolute Gasteiger partial charge is 0.330 e. The average molecular weight is 380 g/mol. The lowest BCUT2D eigenvalue weighted by atomic mass is 10.2. The van der Waals surface area contributed by atoms with Gasteiger partial charge in [-0.1, -0.05) is 16.7 Å². The third kappa shape index (κ3) is 4.09. The second kappa shape index (κ2) is 7.12. The average Bonchev–Trinajstić information content (AvgIpc) is 3.04. The molecule has 130 valence electrons. The van der Waals surface area contributed by atoms with Crippen LogP contribution in [0.25, 0.3) is 11.5 Å². The Kier molecular flexibility index (Phi) is 4.91. The quantitative estimate of drug-likeness (QED) is 0.703. The van der Waals surface area contributed by atoms with Gasteiger partial charge in [0.05, 0.1) is 11.5 Å². The molecule has 9 heteroatoms. The molecule has 3 aromatic rings. The molecule has 25 heavy (non-hydrogen) atoms. The summed E-state index contributed by atoms with van der Waals surface area (Å²) in [5.74, 6) is 0.909. The predicted octanol–water partition coefficient (Wildman–Crippen LogP) is 3.59. The first-order valence-electron chi connectivity index (χ1n) is 7.33. The van der Waals surface area contributed by atoms with E-state index in [1.165, 1.54) is 24.3 Å². The van der Waals surface area contributed by atoms with Crippen molar-refractivity contribution in [1.82, 2.24) is 10.2 Å². The maximum Gasteiger partial charge on any atom is 0.330 e. The molecule has 0 aliphatic rings. The van der Waals surface area contributed by atoms with E-state index in [-0.39, 0.29) is 16.8 Å². The molecule has 1 aromatic heterocycles. The van der Waals surface area contributed by atoms with E-state index >= 15 is 0 Å². The lowest BCUT2D eigenvalue weighted by Gasteiger charge is -2.04. The Hall–Kier alpha value is -2.58. The summed E-state index contributed by atoms with van der Waals surface area (Å²) in [5.41, 5.74) is 0.646. The van der Waals surface area contributed by atoms with Crippen molar-refractivity contribution in [2.24, 2.45) is 0 Å². The zero-order valence-corrected chi connectivity index (χ0v) is 14.7. The van der Waals surface area contributed by atoms with Crippen LogP contribution in [0.1, 0.15) is 6.92 Å². The number of rotatable bonds is 6.